The van der Waals surface area contributed by atoms with Crippen LogP contribution >= 0.6 is 11.6 Å². The second-order valence-electron chi connectivity index (χ2n) is 4.07. The van der Waals surface area contributed by atoms with Crippen molar-refractivity contribution >= 4 is 29.3 Å². The standard InChI is InChI=1S/C12H15ClN2O4/c1-7(6-16)15(2)12(19)14-10-5-8(11(17)18)3-4-9(10)13/h3-5,7,16H,6H2,1-2H3,(H,14,19)(H,17,18). The zero-order chi connectivity index (χ0) is 14.6. The normalized spacial score (nSPS) is 11.8. The van der Waals surface area contributed by atoms with Gasteiger partial charge in [-0.2, -0.15) is 0 Å². The Bertz CT molecular complexity index is 493. The van der Waals surface area contributed by atoms with E-state index in [0.29, 0.717) is 0 Å². The number of carbonyl (C=O) groups excluding carboxylic acids is 1. The highest BCUT2D eigenvalue weighted by molar-refractivity contribution is 6.33. The van der Waals surface area contributed by atoms with Crippen molar-refractivity contribution in [2.45, 2.75) is 13.0 Å². The van der Waals surface area contributed by atoms with Crippen LogP contribution in [0.25, 0.3) is 0 Å². The van der Waals surface area contributed by atoms with E-state index in [1.54, 1.807) is 6.92 Å². The molecule has 1 aromatic carbocycles. The molecule has 7 heteroatoms. The van der Waals surface area contributed by atoms with Crippen LogP contribution in [0.5, 0.6) is 0 Å². The predicted molar refractivity (Wildman–Crippen MR) is 71.7 cm³/mol. The molecular formula is C12H15ClN2O4. The average molecular weight is 287 g/mol. The third-order valence-corrected chi connectivity index (χ3v) is 3.03. The summed E-state index contributed by atoms with van der Waals surface area (Å²) in [7, 11) is 1.52. The van der Waals surface area contributed by atoms with Gasteiger partial charge in [0.05, 0.1) is 28.9 Å². The number of hydrogen-bond donors (Lipinski definition) is 3. The molecule has 0 bridgehead atoms. The first-order valence-corrected chi connectivity index (χ1v) is 5.92. The number of aliphatic hydroxyl groups is 1. The van der Waals surface area contributed by atoms with Crippen LogP contribution in [-0.2, 0) is 0 Å². The van der Waals surface area contributed by atoms with Crippen LogP contribution in [0.4, 0.5) is 10.5 Å². The molecule has 0 aromatic heterocycles. The molecule has 0 saturated heterocycles. The molecule has 0 aliphatic carbocycles. The number of nitrogens with one attached hydrogen (secondary N) is 1. The van der Waals surface area contributed by atoms with Crippen LogP contribution < -0.4 is 5.32 Å². The van der Waals surface area contributed by atoms with Crippen molar-refractivity contribution in [2.75, 3.05) is 19.0 Å². The minimum atomic E-state index is -1.11. The smallest absolute Gasteiger partial charge is 0.335 e. The summed E-state index contributed by atoms with van der Waals surface area (Å²) in [6.45, 7) is 1.50. The van der Waals surface area contributed by atoms with Gasteiger partial charge in [0.1, 0.15) is 0 Å². The zero-order valence-corrected chi connectivity index (χ0v) is 11.3. The van der Waals surface area contributed by atoms with E-state index in [0.717, 1.165) is 0 Å². The van der Waals surface area contributed by atoms with E-state index in [-0.39, 0.29) is 28.9 Å². The summed E-state index contributed by atoms with van der Waals surface area (Å²) in [5.41, 5.74) is 0.237. The summed E-state index contributed by atoms with van der Waals surface area (Å²) in [5, 5.41) is 20.6. The lowest BCUT2D eigenvalue weighted by atomic mass is 10.2. The number of nitrogens with zero attached hydrogens (tertiary/aromatic N) is 1. The Balaban J connectivity index is 2.90. The van der Waals surface area contributed by atoms with E-state index in [1.165, 1.54) is 30.1 Å². The number of likely N-dealkylation sites (N-methyl/N-ethyl adjacent to an activating group) is 1. The molecule has 0 heterocycles. The monoisotopic (exact) mass is 286 g/mol. The third kappa shape index (κ3) is 3.84. The number of halogens is 1. The van der Waals surface area contributed by atoms with E-state index < -0.39 is 12.0 Å². The molecule has 6 nitrogen and oxygen atoms in total. The average Bonchev–Trinajstić information content (AvgIpc) is 2.38. The molecule has 2 amide bonds. The van der Waals surface area contributed by atoms with Gasteiger partial charge >= 0.3 is 12.0 Å². The lowest BCUT2D eigenvalue weighted by Gasteiger charge is -2.23. The second-order valence-corrected chi connectivity index (χ2v) is 4.48. The Hall–Kier alpha value is -1.79. The van der Waals surface area contributed by atoms with Gasteiger partial charge in [-0.3, -0.25) is 0 Å². The Morgan fingerprint density at radius 2 is 2.11 bits per heavy atom. The predicted octanol–water partition coefficient (Wildman–Crippen LogP) is 1.88. The highest BCUT2D eigenvalue weighted by Gasteiger charge is 2.16. The number of amides is 2. The van der Waals surface area contributed by atoms with Crippen LogP contribution in [0.15, 0.2) is 18.2 Å². The van der Waals surface area contributed by atoms with Crippen molar-refractivity contribution in [2.24, 2.45) is 0 Å². The number of urea groups is 1. The van der Waals surface area contributed by atoms with Crippen LogP contribution in [0.1, 0.15) is 17.3 Å². The lowest BCUT2D eigenvalue weighted by molar-refractivity contribution is 0.0697. The molecule has 0 aliphatic rings. The summed E-state index contributed by atoms with van der Waals surface area (Å²) in [6, 6.07) is 3.18. The number of anilines is 1. The van der Waals surface area contributed by atoms with Gasteiger partial charge < -0.3 is 20.4 Å². The first-order chi connectivity index (χ1) is 8.86. The maximum Gasteiger partial charge on any atom is 0.335 e. The second kappa shape index (κ2) is 6.40. The molecule has 1 rings (SSSR count). The molecule has 1 unspecified atom stereocenters. The Morgan fingerprint density at radius 3 is 2.63 bits per heavy atom. The molecule has 0 saturated carbocycles. The summed E-state index contributed by atoms with van der Waals surface area (Å²) in [6.07, 6.45) is 0. The number of carboxylic acid groups (broad SMARTS) is 1. The van der Waals surface area contributed by atoms with E-state index >= 15 is 0 Å². The van der Waals surface area contributed by atoms with Gasteiger partial charge in [-0.1, -0.05) is 11.6 Å². The molecule has 3 N–H and O–H groups in total. The van der Waals surface area contributed by atoms with Crippen molar-refractivity contribution in [1.29, 1.82) is 0 Å². The van der Waals surface area contributed by atoms with Crippen molar-refractivity contribution < 1.29 is 19.8 Å². The van der Waals surface area contributed by atoms with E-state index in [4.69, 9.17) is 21.8 Å². The molecule has 0 fully saturated rings. The third-order valence-electron chi connectivity index (χ3n) is 2.70. The van der Waals surface area contributed by atoms with Crippen molar-refractivity contribution in [3.63, 3.8) is 0 Å². The molecule has 0 aliphatic heterocycles. The summed E-state index contributed by atoms with van der Waals surface area (Å²) >= 11 is 5.89. The Labute approximate surface area is 115 Å². The van der Waals surface area contributed by atoms with Gasteiger partial charge in [0.25, 0.3) is 0 Å². The molecule has 1 atom stereocenters. The molecule has 0 radical (unpaired) electrons. The maximum atomic E-state index is 11.8. The number of rotatable bonds is 4. The van der Waals surface area contributed by atoms with Crippen LogP contribution in [0.2, 0.25) is 5.02 Å². The quantitative estimate of drug-likeness (QED) is 0.788. The number of hydrogen-bond acceptors (Lipinski definition) is 3. The summed E-state index contributed by atoms with van der Waals surface area (Å²) in [4.78, 5) is 24.0. The van der Waals surface area contributed by atoms with Gasteiger partial charge in [-0.15, -0.1) is 0 Å². The van der Waals surface area contributed by atoms with E-state index in [9.17, 15) is 9.59 Å². The summed E-state index contributed by atoms with van der Waals surface area (Å²) in [5.74, 6) is -1.11. The maximum absolute atomic E-state index is 11.8. The molecule has 0 spiro atoms. The van der Waals surface area contributed by atoms with Gasteiger partial charge in [-0.25, -0.2) is 9.59 Å². The van der Waals surface area contributed by atoms with Crippen LogP contribution in [-0.4, -0.2) is 46.8 Å². The van der Waals surface area contributed by atoms with Gasteiger partial charge in [0, 0.05) is 7.05 Å². The number of aromatic carboxylic acids is 1. The van der Waals surface area contributed by atoms with Crippen LogP contribution in [0, 0.1) is 0 Å². The SMILES string of the molecule is CC(CO)N(C)C(=O)Nc1cc(C(=O)O)ccc1Cl. The first-order valence-electron chi connectivity index (χ1n) is 5.54. The Kier molecular flexibility index (Phi) is 5.14. The number of carboxylic acids is 1. The van der Waals surface area contributed by atoms with E-state index in [2.05, 4.69) is 5.32 Å². The topological polar surface area (TPSA) is 89.9 Å². The van der Waals surface area contributed by atoms with E-state index in [1.807, 2.05) is 0 Å². The largest absolute Gasteiger partial charge is 0.478 e. The zero-order valence-electron chi connectivity index (χ0n) is 10.6. The highest BCUT2D eigenvalue weighted by atomic mass is 35.5. The first kappa shape index (κ1) is 15.3. The minimum absolute atomic E-state index is 0.0255. The van der Waals surface area contributed by atoms with Crippen molar-refractivity contribution in [1.82, 2.24) is 4.90 Å². The van der Waals surface area contributed by atoms with Crippen molar-refractivity contribution in [3.8, 4) is 0 Å². The number of aliphatic hydroxyl groups excluding tert-OH is 1. The summed E-state index contributed by atoms with van der Waals surface area (Å²) < 4.78 is 0. The number of benzene rings is 1. The molecule has 1 aromatic rings. The highest BCUT2D eigenvalue weighted by Crippen LogP contribution is 2.23. The number of carbonyl (C=O) groups is 2. The molecular weight excluding hydrogens is 272 g/mol. The van der Waals surface area contributed by atoms with Crippen molar-refractivity contribution in [3.05, 3.63) is 28.8 Å². The minimum Gasteiger partial charge on any atom is -0.478 e. The molecule has 104 valence electrons. The van der Waals surface area contributed by atoms with Crippen LogP contribution in [0.3, 0.4) is 0 Å². The molecule has 19 heavy (non-hydrogen) atoms. The lowest BCUT2D eigenvalue weighted by Crippen LogP contribution is -2.40. The van der Waals surface area contributed by atoms with Gasteiger partial charge in [0.2, 0.25) is 0 Å². The van der Waals surface area contributed by atoms with Gasteiger partial charge in [-0.05, 0) is 25.1 Å². The fraction of sp³-hybridized carbons (Fsp3) is 0.333. The fourth-order valence-corrected chi connectivity index (χ4v) is 1.44. The fourth-order valence-electron chi connectivity index (χ4n) is 1.28. The van der Waals surface area contributed by atoms with Gasteiger partial charge in [0.15, 0.2) is 0 Å². The Morgan fingerprint density at radius 1 is 1.47 bits per heavy atom.